The third kappa shape index (κ3) is 2.18. The van der Waals surface area contributed by atoms with Crippen LogP contribution in [0.4, 0.5) is 5.82 Å². The number of hydrogen-bond acceptors (Lipinski definition) is 6. The Labute approximate surface area is 113 Å². The Morgan fingerprint density at radius 1 is 1.45 bits per heavy atom. The minimum atomic E-state index is -0.312. The highest BCUT2D eigenvalue weighted by Crippen LogP contribution is 2.15. The summed E-state index contributed by atoms with van der Waals surface area (Å²) in [6.45, 7) is 0.509. The molecule has 8 heteroatoms. The Bertz CT molecular complexity index is 794. The van der Waals surface area contributed by atoms with Crippen LogP contribution in [0, 0.1) is 0 Å². The number of nitrogens with one attached hydrogen (secondary N) is 2. The fraction of sp³-hybridized carbons (Fsp3) is 0.167. The van der Waals surface area contributed by atoms with Crippen molar-refractivity contribution in [2.24, 2.45) is 0 Å². The predicted molar refractivity (Wildman–Crippen MR) is 71.7 cm³/mol. The van der Waals surface area contributed by atoms with Gasteiger partial charge in [0, 0.05) is 24.4 Å². The summed E-state index contributed by atoms with van der Waals surface area (Å²) in [6.07, 6.45) is 3.09. The second-order valence-corrected chi connectivity index (χ2v) is 4.06. The molecule has 0 unspecified atom stereocenters. The lowest BCUT2D eigenvalue weighted by Gasteiger charge is -2.08. The minimum Gasteiger partial charge on any atom is -0.481 e. The highest BCUT2D eigenvalue weighted by molar-refractivity contribution is 5.48. The van der Waals surface area contributed by atoms with Crippen LogP contribution in [0.2, 0.25) is 0 Å². The van der Waals surface area contributed by atoms with E-state index in [-0.39, 0.29) is 5.69 Å². The van der Waals surface area contributed by atoms with Gasteiger partial charge >= 0.3 is 5.69 Å². The van der Waals surface area contributed by atoms with Crippen LogP contribution >= 0.6 is 0 Å². The van der Waals surface area contributed by atoms with Crippen molar-refractivity contribution >= 4 is 11.5 Å². The van der Waals surface area contributed by atoms with Crippen LogP contribution < -0.4 is 15.7 Å². The van der Waals surface area contributed by atoms with Crippen LogP contribution in [0.5, 0.6) is 5.88 Å². The first kappa shape index (κ1) is 12.2. The first-order valence-corrected chi connectivity index (χ1v) is 5.92. The number of pyridine rings is 1. The zero-order chi connectivity index (χ0) is 13.9. The summed E-state index contributed by atoms with van der Waals surface area (Å²) in [5, 5.41) is 9.37. The number of hydrogen-bond donors (Lipinski definition) is 2. The second kappa shape index (κ2) is 5.00. The van der Waals surface area contributed by atoms with Crippen molar-refractivity contribution in [3.8, 4) is 5.88 Å². The van der Waals surface area contributed by atoms with Gasteiger partial charge in [-0.05, 0) is 6.07 Å². The smallest absolute Gasteiger partial charge is 0.348 e. The zero-order valence-corrected chi connectivity index (χ0v) is 10.7. The van der Waals surface area contributed by atoms with Gasteiger partial charge in [0.25, 0.3) is 0 Å². The van der Waals surface area contributed by atoms with Crippen LogP contribution in [0.1, 0.15) is 5.56 Å². The second-order valence-electron chi connectivity index (χ2n) is 4.06. The summed E-state index contributed by atoms with van der Waals surface area (Å²) in [5.74, 6) is 1.18. The molecule has 0 bridgehead atoms. The Morgan fingerprint density at radius 2 is 2.35 bits per heavy atom. The van der Waals surface area contributed by atoms with E-state index in [1.165, 1.54) is 10.7 Å². The monoisotopic (exact) mass is 272 g/mol. The van der Waals surface area contributed by atoms with E-state index >= 15 is 0 Å². The molecule has 102 valence electrons. The third-order valence-corrected chi connectivity index (χ3v) is 2.81. The number of methoxy groups -OCH3 is 1. The Kier molecular flexibility index (Phi) is 3.04. The Hall–Kier alpha value is -2.90. The summed E-state index contributed by atoms with van der Waals surface area (Å²) in [5.41, 5.74) is 1.11. The van der Waals surface area contributed by atoms with E-state index in [4.69, 9.17) is 4.74 Å². The number of aromatic nitrogens is 5. The van der Waals surface area contributed by atoms with Crippen LogP contribution in [0.3, 0.4) is 0 Å². The molecule has 0 fully saturated rings. The van der Waals surface area contributed by atoms with Crippen LogP contribution in [0.25, 0.3) is 5.65 Å². The molecule has 0 aliphatic carbocycles. The molecule has 8 nitrogen and oxygen atoms in total. The van der Waals surface area contributed by atoms with Crippen LogP contribution in [0.15, 0.2) is 35.5 Å². The quantitative estimate of drug-likeness (QED) is 0.715. The summed E-state index contributed by atoms with van der Waals surface area (Å²) < 4.78 is 6.50. The molecule has 0 aliphatic rings. The molecule has 0 saturated heterocycles. The predicted octanol–water partition coefficient (Wildman–Crippen LogP) is 0.433. The molecule has 0 spiro atoms. The molecular weight excluding hydrogens is 260 g/mol. The van der Waals surface area contributed by atoms with Crippen molar-refractivity contribution < 1.29 is 4.74 Å². The van der Waals surface area contributed by atoms with Gasteiger partial charge in [-0.15, -0.1) is 0 Å². The number of H-pyrrole nitrogens is 1. The van der Waals surface area contributed by atoms with Crippen molar-refractivity contribution in [3.05, 3.63) is 46.8 Å². The molecule has 0 aliphatic heterocycles. The average Bonchev–Trinajstić information content (AvgIpc) is 2.86. The summed E-state index contributed by atoms with van der Waals surface area (Å²) in [6, 6.07) is 5.43. The van der Waals surface area contributed by atoms with Gasteiger partial charge in [0.1, 0.15) is 12.1 Å². The van der Waals surface area contributed by atoms with Crippen LogP contribution in [-0.2, 0) is 6.54 Å². The van der Waals surface area contributed by atoms with Gasteiger partial charge in [-0.1, -0.05) is 6.07 Å². The maximum absolute atomic E-state index is 11.3. The summed E-state index contributed by atoms with van der Waals surface area (Å²) in [7, 11) is 1.58. The van der Waals surface area contributed by atoms with Crippen molar-refractivity contribution in [3.63, 3.8) is 0 Å². The fourth-order valence-electron chi connectivity index (χ4n) is 1.83. The third-order valence-electron chi connectivity index (χ3n) is 2.81. The summed E-state index contributed by atoms with van der Waals surface area (Å²) in [4.78, 5) is 19.6. The first-order chi connectivity index (χ1) is 9.78. The van der Waals surface area contributed by atoms with Gasteiger partial charge < -0.3 is 10.1 Å². The van der Waals surface area contributed by atoms with Gasteiger partial charge in [-0.3, -0.25) is 0 Å². The topological polar surface area (TPSA) is 97.2 Å². The lowest BCUT2D eigenvalue weighted by atomic mass is 10.2. The van der Waals surface area contributed by atoms with E-state index in [2.05, 4.69) is 25.5 Å². The molecule has 3 aromatic heterocycles. The molecule has 3 aromatic rings. The lowest BCUT2D eigenvalue weighted by molar-refractivity contribution is 0.393. The Morgan fingerprint density at radius 3 is 3.20 bits per heavy atom. The standard InChI is InChI=1S/C12H12N6O2/c1-20-11-8(3-2-4-13-11)6-14-9-5-10-16-17-12(19)18(10)7-15-9/h2-5,7,14H,6H2,1H3,(H,17,19). The number of nitrogens with zero attached hydrogens (tertiary/aromatic N) is 4. The maximum Gasteiger partial charge on any atom is 0.348 e. The summed E-state index contributed by atoms with van der Waals surface area (Å²) >= 11 is 0. The van der Waals surface area contributed by atoms with Gasteiger partial charge in [0.05, 0.1) is 7.11 Å². The zero-order valence-electron chi connectivity index (χ0n) is 10.7. The largest absolute Gasteiger partial charge is 0.481 e. The van der Waals surface area contributed by atoms with Gasteiger partial charge in [0.2, 0.25) is 5.88 Å². The first-order valence-electron chi connectivity index (χ1n) is 5.92. The maximum atomic E-state index is 11.3. The van der Waals surface area contributed by atoms with Crippen LogP contribution in [-0.4, -0.2) is 31.7 Å². The van der Waals surface area contributed by atoms with E-state index in [1.54, 1.807) is 19.4 Å². The molecule has 0 radical (unpaired) electrons. The number of fused-ring (bicyclic) bond motifs is 1. The normalized spacial score (nSPS) is 10.7. The average molecular weight is 272 g/mol. The molecule has 20 heavy (non-hydrogen) atoms. The number of rotatable bonds is 4. The molecular formula is C12H12N6O2. The lowest BCUT2D eigenvalue weighted by Crippen LogP contribution is -2.10. The van der Waals surface area contributed by atoms with E-state index in [1.807, 2.05) is 12.1 Å². The van der Waals surface area contributed by atoms with Gasteiger partial charge in [-0.2, -0.15) is 5.10 Å². The molecule has 2 N–H and O–H groups in total. The van der Waals surface area contributed by atoms with Crippen molar-refractivity contribution in [2.45, 2.75) is 6.54 Å². The van der Waals surface area contributed by atoms with E-state index < -0.39 is 0 Å². The molecule has 0 amide bonds. The van der Waals surface area contributed by atoms with E-state index in [0.29, 0.717) is 23.9 Å². The SMILES string of the molecule is COc1ncccc1CNc1cc2n[nH]c(=O)n2cn1. The Balaban J connectivity index is 1.81. The highest BCUT2D eigenvalue weighted by Gasteiger charge is 2.05. The fourth-order valence-corrected chi connectivity index (χ4v) is 1.83. The van der Waals surface area contributed by atoms with Gasteiger partial charge in [-0.25, -0.2) is 24.3 Å². The van der Waals surface area contributed by atoms with E-state index in [0.717, 1.165) is 5.56 Å². The van der Waals surface area contributed by atoms with E-state index in [9.17, 15) is 4.79 Å². The van der Waals surface area contributed by atoms with Crippen molar-refractivity contribution in [2.75, 3.05) is 12.4 Å². The molecule has 0 atom stereocenters. The van der Waals surface area contributed by atoms with Crippen molar-refractivity contribution in [1.82, 2.24) is 24.6 Å². The molecule has 0 aromatic carbocycles. The van der Waals surface area contributed by atoms with Crippen molar-refractivity contribution in [1.29, 1.82) is 0 Å². The molecule has 3 heterocycles. The molecule has 3 rings (SSSR count). The molecule has 0 saturated carbocycles. The highest BCUT2D eigenvalue weighted by atomic mass is 16.5. The number of anilines is 1. The number of aromatic amines is 1. The number of ether oxygens (including phenoxy) is 1. The van der Waals surface area contributed by atoms with Gasteiger partial charge in [0.15, 0.2) is 5.65 Å². The minimum absolute atomic E-state index is 0.312.